The van der Waals surface area contributed by atoms with Gasteiger partial charge in [0.25, 0.3) is 0 Å². The summed E-state index contributed by atoms with van der Waals surface area (Å²) in [5, 5.41) is 4.36. The molecule has 2 aromatic rings. The van der Waals surface area contributed by atoms with Crippen LogP contribution < -0.4 is 5.32 Å². The zero-order valence-electron chi connectivity index (χ0n) is 12.6. The predicted octanol–water partition coefficient (Wildman–Crippen LogP) is 4.29. The molecule has 0 amide bonds. The molecule has 0 aliphatic rings. The average molecular weight is 292 g/mol. The second kappa shape index (κ2) is 6.02. The van der Waals surface area contributed by atoms with Crippen LogP contribution in [0.5, 0.6) is 0 Å². The van der Waals surface area contributed by atoms with Gasteiger partial charge in [-0.05, 0) is 40.7 Å². The standard InChI is InChI=1S/C16H21FN2S/c1-9(2)18-15(16-19-11(4)12(5)20-16)13-8-10(3)6-7-14(13)17/h6-9,15,18H,1-5H3. The highest BCUT2D eigenvalue weighted by Crippen LogP contribution is 2.30. The highest BCUT2D eigenvalue weighted by atomic mass is 32.1. The molecule has 0 saturated carbocycles. The third-order valence-corrected chi connectivity index (χ3v) is 4.39. The van der Waals surface area contributed by atoms with Crippen LogP contribution in [-0.2, 0) is 0 Å². The monoisotopic (exact) mass is 292 g/mol. The van der Waals surface area contributed by atoms with Gasteiger partial charge in [0.2, 0.25) is 0 Å². The Labute approximate surface area is 124 Å². The van der Waals surface area contributed by atoms with Crippen LogP contribution in [0.3, 0.4) is 0 Å². The Balaban J connectivity index is 2.49. The molecule has 0 spiro atoms. The van der Waals surface area contributed by atoms with Crippen molar-refractivity contribution in [3.05, 3.63) is 50.7 Å². The molecular formula is C16H21FN2S. The largest absolute Gasteiger partial charge is 0.302 e. The van der Waals surface area contributed by atoms with Crippen molar-refractivity contribution in [3.63, 3.8) is 0 Å². The van der Waals surface area contributed by atoms with E-state index < -0.39 is 0 Å². The molecular weight excluding hydrogens is 271 g/mol. The maximum Gasteiger partial charge on any atom is 0.128 e. The van der Waals surface area contributed by atoms with E-state index in [0.717, 1.165) is 16.3 Å². The van der Waals surface area contributed by atoms with Crippen molar-refractivity contribution >= 4 is 11.3 Å². The molecule has 0 bridgehead atoms. The van der Waals surface area contributed by atoms with E-state index in [1.165, 1.54) is 10.9 Å². The van der Waals surface area contributed by atoms with Gasteiger partial charge in [0.1, 0.15) is 10.8 Å². The fraction of sp³-hybridized carbons (Fsp3) is 0.438. The van der Waals surface area contributed by atoms with E-state index in [1.54, 1.807) is 17.4 Å². The second-order valence-corrected chi connectivity index (χ2v) is 6.71. The molecule has 108 valence electrons. The SMILES string of the molecule is Cc1ccc(F)c(C(NC(C)C)c2nc(C)c(C)s2)c1. The summed E-state index contributed by atoms with van der Waals surface area (Å²) >= 11 is 1.63. The van der Waals surface area contributed by atoms with Crippen LogP contribution in [0.15, 0.2) is 18.2 Å². The topological polar surface area (TPSA) is 24.9 Å². The van der Waals surface area contributed by atoms with Crippen molar-refractivity contribution in [2.45, 2.75) is 46.7 Å². The van der Waals surface area contributed by atoms with Crippen LogP contribution in [0.4, 0.5) is 4.39 Å². The average Bonchev–Trinajstić information content (AvgIpc) is 2.69. The van der Waals surface area contributed by atoms with E-state index in [9.17, 15) is 4.39 Å². The van der Waals surface area contributed by atoms with E-state index in [2.05, 4.69) is 31.1 Å². The summed E-state index contributed by atoms with van der Waals surface area (Å²) in [7, 11) is 0. The lowest BCUT2D eigenvalue weighted by Crippen LogP contribution is -2.29. The highest BCUT2D eigenvalue weighted by Gasteiger charge is 2.22. The quantitative estimate of drug-likeness (QED) is 0.909. The first-order valence-corrected chi connectivity index (χ1v) is 7.66. The normalized spacial score (nSPS) is 12.9. The number of thiazole rings is 1. The van der Waals surface area contributed by atoms with Crippen molar-refractivity contribution in [1.29, 1.82) is 0 Å². The van der Waals surface area contributed by atoms with Crippen molar-refractivity contribution in [3.8, 4) is 0 Å². The molecule has 1 aromatic carbocycles. The van der Waals surface area contributed by atoms with Crippen molar-refractivity contribution < 1.29 is 4.39 Å². The first-order chi connectivity index (χ1) is 9.38. The Morgan fingerprint density at radius 3 is 2.45 bits per heavy atom. The number of nitrogens with one attached hydrogen (secondary N) is 1. The van der Waals surface area contributed by atoms with Gasteiger partial charge in [0.05, 0.1) is 11.7 Å². The number of rotatable bonds is 4. The Bertz CT molecular complexity index is 585. The van der Waals surface area contributed by atoms with Gasteiger partial charge in [-0.2, -0.15) is 0 Å². The van der Waals surface area contributed by atoms with E-state index >= 15 is 0 Å². The van der Waals surface area contributed by atoms with Gasteiger partial charge in [-0.1, -0.05) is 17.7 Å². The molecule has 1 atom stereocenters. The summed E-state index contributed by atoms with van der Waals surface area (Å²) in [5.74, 6) is -0.181. The predicted molar refractivity (Wildman–Crippen MR) is 82.8 cm³/mol. The molecule has 1 unspecified atom stereocenters. The molecule has 4 heteroatoms. The Morgan fingerprint density at radius 1 is 1.20 bits per heavy atom. The summed E-state index contributed by atoms with van der Waals surface area (Å²) in [4.78, 5) is 5.78. The molecule has 2 nitrogen and oxygen atoms in total. The lowest BCUT2D eigenvalue weighted by molar-refractivity contribution is 0.501. The molecule has 0 radical (unpaired) electrons. The van der Waals surface area contributed by atoms with E-state index in [0.29, 0.717) is 5.56 Å². The van der Waals surface area contributed by atoms with Crippen molar-refractivity contribution in [2.24, 2.45) is 0 Å². The van der Waals surface area contributed by atoms with Gasteiger partial charge in [-0.3, -0.25) is 0 Å². The molecule has 2 rings (SSSR count). The van der Waals surface area contributed by atoms with Crippen molar-refractivity contribution in [1.82, 2.24) is 10.3 Å². The minimum Gasteiger partial charge on any atom is -0.302 e. The Morgan fingerprint density at radius 2 is 1.90 bits per heavy atom. The summed E-state index contributed by atoms with van der Waals surface area (Å²) in [5.41, 5.74) is 2.75. The summed E-state index contributed by atoms with van der Waals surface area (Å²) in [6.07, 6.45) is 0. The second-order valence-electron chi connectivity index (χ2n) is 5.47. The van der Waals surface area contributed by atoms with E-state index in [4.69, 9.17) is 0 Å². The smallest absolute Gasteiger partial charge is 0.128 e. The zero-order chi connectivity index (χ0) is 14.9. The number of nitrogens with zero attached hydrogens (tertiary/aromatic N) is 1. The molecule has 0 fully saturated rings. The van der Waals surface area contributed by atoms with Gasteiger partial charge < -0.3 is 5.32 Å². The number of hydrogen-bond acceptors (Lipinski definition) is 3. The summed E-state index contributed by atoms with van der Waals surface area (Å²) in [6, 6.07) is 5.30. The van der Waals surface area contributed by atoms with Gasteiger partial charge in [0.15, 0.2) is 0 Å². The first kappa shape index (κ1) is 15.1. The lowest BCUT2D eigenvalue weighted by Gasteiger charge is -2.20. The molecule has 1 N–H and O–H groups in total. The lowest BCUT2D eigenvalue weighted by atomic mass is 10.0. The molecule has 0 saturated heterocycles. The molecule has 20 heavy (non-hydrogen) atoms. The Hall–Kier alpha value is -1.26. The van der Waals surface area contributed by atoms with Crippen LogP contribution >= 0.6 is 11.3 Å². The number of aryl methyl sites for hydroxylation is 3. The van der Waals surface area contributed by atoms with Gasteiger partial charge >= 0.3 is 0 Å². The maximum absolute atomic E-state index is 14.2. The van der Waals surface area contributed by atoms with Gasteiger partial charge in [0, 0.05) is 16.5 Å². The number of halogens is 1. The number of benzene rings is 1. The van der Waals surface area contributed by atoms with Crippen LogP contribution in [0.1, 0.15) is 46.6 Å². The fourth-order valence-electron chi connectivity index (χ4n) is 2.13. The number of aromatic nitrogens is 1. The molecule has 0 aliphatic heterocycles. The summed E-state index contributed by atoms with van der Waals surface area (Å²) in [6.45, 7) is 10.2. The molecule has 1 aromatic heterocycles. The van der Waals surface area contributed by atoms with E-state index in [-0.39, 0.29) is 17.9 Å². The highest BCUT2D eigenvalue weighted by molar-refractivity contribution is 7.11. The molecule has 0 aliphatic carbocycles. The summed E-state index contributed by atoms with van der Waals surface area (Å²) < 4.78 is 14.2. The van der Waals surface area contributed by atoms with Crippen LogP contribution in [0, 0.1) is 26.6 Å². The zero-order valence-corrected chi connectivity index (χ0v) is 13.4. The van der Waals surface area contributed by atoms with Crippen LogP contribution in [0.2, 0.25) is 0 Å². The van der Waals surface area contributed by atoms with E-state index in [1.807, 2.05) is 19.9 Å². The Kier molecular flexibility index (Phi) is 4.55. The third kappa shape index (κ3) is 3.25. The fourth-order valence-corrected chi connectivity index (χ4v) is 3.14. The van der Waals surface area contributed by atoms with Crippen LogP contribution in [-0.4, -0.2) is 11.0 Å². The third-order valence-electron chi connectivity index (χ3n) is 3.25. The minimum absolute atomic E-state index is 0.181. The van der Waals surface area contributed by atoms with Gasteiger partial charge in [-0.25, -0.2) is 9.37 Å². The first-order valence-electron chi connectivity index (χ1n) is 6.84. The minimum atomic E-state index is -0.188. The maximum atomic E-state index is 14.2. The van der Waals surface area contributed by atoms with Crippen LogP contribution in [0.25, 0.3) is 0 Å². The molecule has 1 heterocycles. The van der Waals surface area contributed by atoms with Gasteiger partial charge in [-0.15, -0.1) is 11.3 Å². The van der Waals surface area contributed by atoms with Crippen molar-refractivity contribution in [2.75, 3.05) is 0 Å². The number of hydrogen-bond donors (Lipinski definition) is 1.